The van der Waals surface area contributed by atoms with Gasteiger partial charge in [0.25, 0.3) is 0 Å². The molecule has 0 N–H and O–H groups in total. The fourth-order valence-electron chi connectivity index (χ4n) is 4.37. The van der Waals surface area contributed by atoms with Crippen LogP contribution >= 0.6 is 0 Å². The number of carbonyl (C=O) groups is 1. The molecular weight excluding hydrogens is 454 g/mol. The Balaban J connectivity index is 1.62. The summed E-state index contributed by atoms with van der Waals surface area (Å²) in [6.07, 6.45) is 2.76. The first-order valence-electron chi connectivity index (χ1n) is 12.3. The molecule has 1 heterocycles. The zero-order valence-corrected chi connectivity index (χ0v) is 21.0. The fraction of sp³-hybridized carbons (Fsp3) is 0.300. The van der Waals surface area contributed by atoms with E-state index in [-0.39, 0.29) is 6.29 Å². The van der Waals surface area contributed by atoms with Crippen LogP contribution < -0.4 is 19.5 Å². The number of rotatable bonds is 10. The zero-order valence-electron chi connectivity index (χ0n) is 21.0. The number of fused-ring (bicyclic) bond motifs is 1. The van der Waals surface area contributed by atoms with Crippen molar-refractivity contribution < 1.29 is 24.1 Å². The number of carboxylic acid groups (broad SMARTS) is 1. The molecule has 4 rings (SSSR count). The number of hydrogen-bond donors (Lipinski definition) is 0. The van der Waals surface area contributed by atoms with E-state index in [1.54, 1.807) is 13.2 Å². The third kappa shape index (κ3) is 6.07. The van der Waals surface area contributed by atoms with Crippen molar-refractivity contribution in [3.63, 3.8) is 0 Å². The number of aliphatic carboxylic acids is 1. The average Bonchev–Trinajstić information content (AvgIpc) is 3.07. The van der Waals surface area contributed by atoms with E-state index in [2.05, 4.69) is 24.0 Å². The van der Waals surface area contributed by atoms with Gasteiger partial charge >= 0.3 is 0 Å². The molecule has 0 radical (unpaired) electrons. The maximum atomic E-state index is 11.8. The summed E-state index contributed by atoms with van der Waals surface area (Å²) < 4.78 is 16.9. The second-order valence-electron chi connectivity index (χ2n) is 8.79. The Morgan fingerprint density at radius 2 is 1.81 bits per heavy atom. The Morgan fingerprint density at radius 3 is 2.53 bits per heavy atom. The minimum Gasteiger partial charge on any atom is -0.545 e. The molecular formula is C30H32NO5-. The van der Waals surface area contributed by atoms with Crippen LogP contribution in [-0.2, 0) is 16.1 Å². The van der Waals surface area contributed by atoms with E-state index in [0.29, 0.717) is 31.7 Å². The largest absolute Gasteiger partial charge is 0.545 e. The van der Waals surface area contributed by atoms with Crippen molar-refractivity contribution >= 4 is 17.7 Å². The van der Waals surface area contributed by atoms with Crippen LogP contribution in [0.1, 0.15) is 37.8 Å². The molecule has 1 aliphatic heterocycles. The molecule has 0 aromatic heterocycles. The third-order valence-electron chi connectivity index (χ3n) is 6.21. The molecule has 1 unspecified atom stereocenters. The maximum Gasteiger partial charge on any atom is 0.196 e. The normalized spacial score (nSPS) is 13.9. The van der Waals surface area contributed by atoms with E-state index in [1.165, 1.54) is 0 Å². The van der Waals surface area contributed by atoms with Gasteiger partial charge in [0.1, 0.15) is 11.5 Å². The summed E-state index contributed by atoms with van der Waals surface area (Å²) in [6, 6.07) is 21.9. The van der Waals surface area contributed by atoms with Crippen molar-refractivity contribution in [3.05, 3.63) is 83.4 Å². The second-order valence-corrected chi connectivity index (χ2v) is 8.79. The number of methoxy groups -OCH3 is 1. The van der Waals surface area contributed by atoms with E-state index >= 15 is 0 Å². The SMILES string of the molecule is CCCOC(C)Oc1ccc(-c2ccc3c(c2)C=C(C(=O)[O-])CCN3Cc2ccccc2OC)cc1. The predicted molar refractivity (Wildman–Crippen MR) is 140 cm³/mol. The lowest BCUT2D eigenvalue weighted by atomic mass is 10.00. The minimum absolute atomic E-state index is 0.292. The lowest BCUT2D eigenvalue weighted by molar-refractivity contribution is -0.299. The summed E-state index contributed by atoms with van der Waals surface area (Å²) in [5, 5.41) is 11.8. The second kappa shape index (κ2) is 11.8. The topological polar surface area (TPSA) is 71.1 Å². The Morgan fingerprint density at radius 1 is 1.06 bits per heavy atom. The van der Waals surface area contributed by atoms with E-state index in [0.717, 1.165) is 45.9 Å². The van der Waals surface area contributed by atoms with Crippen molar-refractivity contribution in [1.29, 1.82) is 0 Å². The van der Waals surface area contributed by atoms with Gasteiger partial charge in [-0.3, -0.25) is 0 Å². The standard InChI is InChI=1S/C30H33NO5/c1-4-17-35-21(2)36-27-12-9-22(10-13-27)23-11-14-28-26(18-23)19-24(30(32)33)15-16-31(28)20-25-7-5-6-8-29(25)34-3/h5-14,18-19,21H,4,15-17,20H2,1-3H3,(H,32,33)/p-1. The van der Waals surface area contributed by atoms with Gasteiger partial charge in [-0.25, -0.2) is 0 Å². The number of benzene rings is 3. The van der Waals surface area contributed by atoms with E-state index < -0.39 is 5.97 Å². The highest BCUT2D eigenvalue weighted by Gasteiger charge is 2.19. The van der Waals surface area contributed by atoms with Crippen LogP contribution in [0.3, 0.4) is 0 Å². The first-order chi connectivity index (χ1) is 17.5. The van der Waals surface area contributed by atoms with Gasteiger partial charge in [0.2, 0.25) is 0 Å². The van der Waals surface area contributed by atoms with E-state index in [1.807, 2.05) is 61.5 Å². The molecule has 0 spiro atoms. The number of anilines is 1. The molecule has 6 nitrogen and oxygen atoms in total. The van der Waals surface area contributed by atoms with Crippen molar-refractivity contribution in [3.8, 4) is 22.6 Å². The van der Waals surface area contributed by atoms with Crippen LogP contribution in [0.4, 0.5) is 5.69 Å². The molecule has 0 amide bonds. The monoisotopic (exact) mass is 486 g/mol. The molecule has 36 heavy (non-hydrogen) atoms. The van der Waals surface area contributed by atoms with Gasteiger partial charge in [-0.1, -0.05) is 43.3 Å². The number of nitrogens with zero attached hydrogens (tertiary/aromatic N) is 1. The Kier molecular flexibility index (Phi) is 8.28. The number of para-hydroxylation sites is 1. The number of hydrogen-bond acceptors (Lipinski definition) is 6. The molecule has 3 aromatic carbocycles. The average molecular weight is 487 g/mol. The first kappa shape index (κ1) is 25.3. The Bertz CT molecular complexity index is 1220. The highest BCUT2D eigenvalue weighted by atomic mass is 16.7. The maximum absolute atomic E-state index is 11.8. The molecule has 0 bridgehead atoms. The lowest BCUT2D eigenvalue weighted by Gasteiger charge is -2.26. The van der Waals surface area contributed by atoms with Crippen LogP contribution in [0.2, 0.25) is 0 Å². The highest BCUT2D eigenvalue weighted by molar-refractivity contribution is 5.93. The molecule has 6 heteroatoms. The van der Waals surface area contributed by atoms with E-state index in [9.17, 15) is 9.90 Å². The van der Waals surface area contributed by atoms with Crippen molar-refractivity contribution in [2.75, 3.05) is 25.2 Å². The molecule has 3 aromatic rings. The third-order valence-corrected chi connectivity index (χ3v) is 6.21. The van der Waals surface area contributed by atoms with Crippen LogP contribution in [0, 0.1) is 0 Å². The number of carboxylic acids is 1. The van der Waals surface area contributed by atoms with E-state index in [4.69, 9.17) is 14.2 Å². The summed E-state index contributed by atoms with van der Waals surface area (Å²) in [4.78, 5) is 14.0. The highest BCUT2D eigenvalue weighted by Crippen LogP contribution is 2.34. The molecule has 1 atom stereocenters. The van der Waals surface area contributed by atoms with Gasteiger partial charge in [-0.05, 0) is 78.4 Å². The molecule has 188 valence electrons. The Labute approximate surface area is 212 Å². The molecule has 0 saturated carbocycles. The summed E-state index contributed by atoms with van der Waals surface area (Å²) in [5.41, 5.74) is 5.16. The smallest absolute Gasteiger partial charge is 0.196 e. The molecule has 0 aliphatic carbocycles. The van der Waals surface area contributed by atoms with Gasteiger partial charge in [-0.2, -0.15) is 0 Å². The van der Waals surface area contributed by atoms with Crippen LogP contribution in [0.5, 0.6) is 11.5 Å². The van der Waals surface area contributed by atoms with Gasteiger partial charge < -0.3 is 29.0 Å². The van der Waals surface area contributed by atoms with Crippen molar-refractivity contribution in [2.45, 2.75) is 39.5 Å². The van der Waals surface area contributed by atoms with Gasteiger partial charge in [0.15, 0.2) is 6.29 Å². The molecule has 1 aliphatic rings. The minimum atomic E-state index is -1.13. The van der Waals surface area contributed by atoms with Crippen molar-refractivity contribution in [2.24, 2.45) is 0 Å². The summed E-state index contributed by atoms with van der Waals surface area (Å²) in [5.74, 6) is 0.412. The van der Waals surface area contributed by atoms with Gasteiger partial charge in [0.05, 0.1) is 19.7 Å². The van der Waals surface area contributed by atoms with Gasteiger partial charge in [0, 0.05) is 24.3 Å². The van der Waals surface area contributed by atoms with Crippen LogP contribution in [-0.4, -0.2) is 32.5 Å². The first-order valence-corrected chi connectivity index (χ1v) is 12.3. The molecule has 0 fully saturated rings. The Hall–Kier alpha value is -3.77. The summed E-state index contributed by atoms with van der Waals surface area (Å²) >= 11 is 0. The predicted octanol–water partition coefficient (Wildman–Crippen LogP) is 5.06. The van der Waals surface area contributed by atoms with Gasteiger partial charge in [-0.15, -0.1) is 0 Å². The van der Waals surface area contributed by atoms with Crippen LogP contribution in [0.25, 0.3) is 17.2 Å². The number of carbonyl (C=O) groups excluding carboxylic acids is 1. The lowest BCUT2D eigenvalue weighted by Crippen LogP contribution is -2.28. The van der Waals surface area contributed by atoms with Crippen molar-refractivity contribution in [1.82, 2.24) is 0 Å². The number of ether oxygens (including phenoxy) is 3. The summed E-state index contributed by atoms with van der Waals surface area (Å²) in [7, 11) is 1.66. The summed E-state index contributed by atoms with van der Waals surface area (Å²) in [6.45, 7) is 5.77. The quantitative estimate of drug-likeness (QED) is 0.373. The fourth-order valence-corrected chi connectivity index (χ4v) is 4.37. The zero-order chi connectivity index (χ0) is 25.5. The molecule has 0 saturated heterocycles. The van der Waals surface area contributed by atoms with Crippen LogP contribution in [0.15, 0.2) is 72.3 Å².